The zero-order chi connectivity index (χ0) is 20.4. The van der Waals surface area contributed by atoms with Crippen molar-refractivity contribution in [1.82, 2.24) is 15.4 Å². The maximum absolute atomic E-state index is 14.2. The van der Waals surface area contributed by atoms with E-state index in [2.05, 4.69) is 10.3 Å². The van der Waals surface area contributed by atoms with E-state index in [9.17, 15) is 14.0 Å². The molecule has 0 radical (unpaired) electrons. The van der Waals surface area contributed by atoms with Gasteiger partial charge in [0.15, 0.2) is 0 Å². The van der Waals surface area contributed by atoms with Gasteiger partial charge in [0.1, 0.15) is 17.5 Å². The molecule has 1 atom stereocenters. The average Bonchev–Trinajstić information content (AvgIpc) is 3.05. The highest BCUT2D eigenvalue weighted by Crippen LogP contribution is 2.29. The monoisotopic (exact) mass is 399 g/mol. The fourth-order valence-electron chi connectivity index (χ4n) is 2.58. The lowest BCUT2D eigenvalue weighted by atomic mass is 10.0. The van der Waals surface area contributed by atoms with Gasteiger partial charge in [-0.15, -0.1) is 0 Å². The molecule has 2 rings (SSSR count). The number of carbonyl (C=O) groups is 2. The van der Waals surface area contributed by atoms with E-state index in [1.807, 2.05) is 0 Å². The van der Waals surface area contributed by atoms with E-state index in [4.69, 9.17) is 21.2 Å². The Morgan fingerprint density at radius 3 is 2.67 bits per heavy atom. The average molecular weight is 400 g/mol. The van der Waals surface area contributed by atoms with Gasteiger partial charge in [-0.2, -0.15) is 0 Å². The lowest BCUT2D eigenvalue weighted by Gasteiger charge is -2.25. The number of likely N-dealkylation sites (N-methyl/N-ethyl adjacent to an activating group) is 1. The summed E-state index contributed by atoms with van der Waals surface area (Å²) < 4.78 is 19.4. The van der Waals surface area contributed by atoms with Gasteiger partial charge in [-0.1, -0.05) is 11.6 Å². The van der Waals surface area contributed by atoms with Crippen LogP contribution in [0.25, 0.3) is 10.9 Å². The molecule has 0 fully saturated rings. The normalized spacial score (nSPS) is 12.7. The Labute approximate surface area is 161 Å². The molecule has 0 aliphatic heterocycles. The van der Waals surface area contributed by atoms with Crippen molar-refractivity contribution in [2.45, 2.75) is 38.8 Å². The third-order valence-electron chi connectivity index (χ3n) is 3.81. The number of H-pyrrole nitrogens is 1. The third kappa shape index (κ3) is 5.11. The zero-order valence-corrected chi connectivity index (χ0v) is 16.6. The van der Waals surface area contributed by atoms with Crippen molar-refractivity contribution in [3.63, 3.8) is 0 Å². The van der Waals surface area contributed by atoms with Gasteiger partial charge in [-0.3, -0.25) is 9.63 Å². The van der Waals surface area contributed by atoms with Crippen LogP contribution in [-0.4, -0.2) is 47.8 Å². The largest absolute Gasteiger partial charge is 0.444 e. The first-order chi connectivity index (χ1) is 12.5. The second-order valence-corrected chi connectivity index (χ2v) is 7.40. The summed E-state index contributed by atoms with van der Waals surface area (Å²) in [6.45, 7) is 5.13. The Balaban J connectivity index is 2.34. The maximum Gasteiger partial charge on any atom is 0.408 e. The quantitative estimate of drug-likeness (QED) is 0.754. The van der Waals surface area contributed by atoms with Gasteiger partial charge in [0.05, 0.1) is 17.6 Å². The predicted molar refractivity (Wildman–Crippen MR) is 99.9 cm³/mol. The molecule has 0 saturated carbocycles. The zero-order valence-electron chi connectivity index (χ0n) is 15.9. The number of hydrogen-bond acceptors (Lipinski definition) is 4. The minimum atomic E-state index is -1.03. The Bertz CT molecular complexity index is 847. The van der Waals surface area contributed by atoms with Crippen molar-refractivity contribution >= 4 is 34.5 Å². The van der Waals surface area contributed by atoms with Gasteiger partial charge >= 0.3 is 6.09 Å². The van der Waals surface area contributed by atoms with Crippen molar-refractivity contribution in [2.24, 2.45) is 0 Å². The van der Waals surface area contributed by atoms with E-state index in [0.717, 1.165) is 5.06 Å². The molecule has 7 nitrogen and oxygen atoms in total. The second-order valence-electron chi connectivity index (χ2n) is 7.02. The van der Waals surface area contributed by atoms with Crippen molar-refractivity contribution in [3.05, 3.63) is 34.7 Å². The Morgan fingerprint density at radius 1 is 1.41 bits per heavy atom. The summed E-state index contributed by atoms with van der Waals surface area (Å²) in [5, 5.41) is 4.00. The molecule has 1 heterocycles. The van der Waals surface area contributed by atoms with Gasteiger partial charge < -0.3 is 15.0 Å². The first kappa shape index (κ1) is 21.0. The van der Waals surface area contributed by atoms with Crippen molar-refractivity contribution in [2.75, 3.05) is 14.2 Å². The summed E-state index contributed by atoms with van der Waals surface area (Å²) >= 11 is 5.99. The summed E-state index contributed by atoms with van der Waals surface area (Å²) in [6, 6.07) is 1.85. The van der Waals surface area contributed by atoms with Crippen molar-refractivity contribution < 1.29 is 23.6 Å². The molecule has 1 aromatic carbocycles. The van der Waals surface area contributed by atoms with Crippen LogP contribution in [0.2, 0.25) is 5.02 Å². The number of nitrogens with one attached hydrogen (secondary N) is 2. The third-order valence-corrected chi connectivity index (χ3v) is 4.20. The lowest BCUT2D eigenvalue weighted by Crippen LogP contribution is -2.49. The maximum atomic E-state index is 14.2. The molecule has 2 N–H and O–H groups in total. The minimum absolute atomic E-state index is 0.00742. The topological polar surface area (TPSA) is 83.7 Å². The van der Waals surface area contributed by atoms with Crippen LogP contribution in [0.4, 0.5) is 9.18 Å². The Morgan fingerprint density at radius 2 is 2.07 bits per heavy atom. The number of aromatic amines is 1. The molecule has 27 heavy (non-hydrogen) atoms. The van der Waals surface area contributed by atoms with Crippen LogP contribution in [0.1, 0.15) is 26.3 Å². The first-order valence-corrected chi connectivity index (χ1v) is 8.66. The standard InChI is InChI=1S/C18H23ClFN3O4/c1-18(2,3)27-17(25)22-13(16(24)23(4)26-5)9-10-8-12(20)14(19)11-6-7-21-15(10)11/h6-8,13,21H,9H2,1-5H3,(H,22,25). The summed E-state index contributed by atoms with van der Waals surface area (Å²) in [6.07, 6.45) is 0.873. The minimum Gasteiger partial charge on any atom is -0.444 e. The van der Waals surface area contributed by atoms with Gasteiger partial charge in [-0.25, -0.2) is 14.2 Å². The number of hydrogen-bond donors (Lipinski definition) is 2. The summed E-state index contributed by atoms with van der Waals surface area (Å²) in [5.41, 5.74) is 0.338. The number of rotatable bonds is 5. The van der Waals surface area contributed by atoms with Crippen LogP contribution >= 0.6 is 11.6 Å². The van der Waals surface area contributed by atoms with Gasteiger partial charge in [-0.05, 0) is 38.5 Å². The number of alkyl carbamates (subject to hydrolysis) is 1. The van der Waals surface area contributed by atoms with Gasteiger partial charge in [0.25, 0.3) is 5.91 Å². The number of fused-ring (bicyclic) bond motifs is 1. The van der Waals surface area contributed by atoms with Crippen LogP contribution in [0, 0.1) is 5.82 Å². The SMILES string of the molecule is CON(C)C(=O)C(Cc1cc(F)c(Cl)c2cc[nH]c12)NC(=O)OC(C)(C)C. The molecule has 1 aromatic heterocycles. The molecule has 0 aliphatic carbocycles. The van der Waals surface area contributed by atoms with Crippen molar-refractivity contribution in [3.8, 4) is 0 Å². The Kier molecular flexibility index (Phi) is 6.33. The van der Waals surface area contributed by atoms with Crippen LogP contribution in [0.3, 0.4) is 0 Å². The number of hydroxylamine groups is 2. The fraction of sp³-hybridized carbons (Fsp3) is 0.444. The molecule has 1 unspecified atom stereocenters. The highest BCUT2D eigenvalue weighted by Gasteiger charge is 2.28. The molecular weight excluding hydrogens is 377 g/mol. The van der Waals surface area contributed by atoms with Crippen LogP contribution in [0.5, 0.6) is 0 Å². The fourth-order valence-corrected chi connectivity index (χ4v) is 2.79. The van der Waals surface area contributed by atoms with Crippen LogP contribution < -0.4 is 5.32 Å². The van der Waals surface area contributed by atoms with Gasteiger partial charge in [0, 0.05) is 25.1 Å². The number of halogens is 2. The molecule has 148 valence electrons. The number of ether oxygens (including phenoxy) is 1. The molecule has 2 amide bonds. The van der Waals surface area contributed by atoms with E-state index < -0.39 is 29.5 Å². The lowest BCUT2D eigenvalue weighted by molar-refractivity contribution is -0.171. The number of nitrogens with zero attached hydrogens (tertiary/aromatic N) is 1. The number of amides is 2. The molecule has 0 aliphatic rings. The molecule has 2 aromatic rings. The smallest absolute Gasteiger partial charge is 0.408 e. The van der Waals surface area contributed by atoms with Crippen molar-refractivity contribution in [1.29, 1.82) is 0 Å². The molecule has 9 heteroatoms. The number of aromatic nitrogens is 1. The molecular formula is C18H23ClFN3O4. The van der Waals surface area contributed by atoms with E-state index in [1.165, 1.54) is 20.2 Å². The predicted octanol–water partition coefficient (Wildman–Crippen LogP) is 3.42. The molecule has 0 saturated heterocycles. The van der Waals surface area contributed by atoms with E-state index >= 15 is 0 Å². The highest BCUT2D eigenvalue weighted by atomic mass is 35.5. The summed E-state index contributed by atoms with van der Waals surface area (Å²) in [4.78, 5) is 32.7. The number of carbonyl (C=O) groups excluding carboxylic acids is 2. The van der Waals surface area contributed by atoms with Crippen LogP contribution in [-0.2, 0) is 20.8 Å². The van der Waals surface area contributed by atoms with E-state index in [-0.39, 0.29) is 11.4 Å². The molecule has 0 bridgehead atoms. The summed E-state index contributed by atoms with van der Waals surface area (Å²) in [7, 11) is 2.74. The second kappa shape index (κ2) is 8.14. The van der Waals surface area contributed by atoms with Gasteiger partial charge in [0.2, 0.25) is 0 Å². The van der Waals surface area contributed by atoms with E-state index in [0.29, 0.717) is 16.5 Å². The summed E-state index contributed by atoms with van der Waals surface area (Å²) in [5.74, 6) is -1.12. The molecule has 0 spiro atoms. The first-order valence-electron chi connectivity index (χ1n) is 8.28. The Hall–Kier alpha value is -2.32. The number of benzene rings is 1. The van der Waals surface area contributed by atoms with Crippen LogP contribution in [0.15, 0.2) is 18.3 Å². The highest BCUT2D eigenvalue weighted by molar-refractivity contribution is 6.35. The van der Waals surface area contributed by atoms with E-state index in [1.54, 1.807) is 33.0 Å².